The number of benzene rings is 1. The van der Waals surface area contributed by atoms with Gasteiger partial charge in [-0.3, -0.25) is 0 Å². The molecule has 2 N–H and O–H groups in total. The average Bonchev–Trinajstić information content (AvgIpc) is 3.08. The fraction of sp³-hybridized carbons (Fsp3) is 0.474. The van der Waals surface area contributed by atoms with E-state index in [0.717, 1.165) is 48.4 Å². The predicted molar refractivity (Wildman–Crippen MR) is 123 cm³/mol. The molecule has 8 heteroatoms. The van der Waals surface area contributed by atoms with Crippen LogP contribution in [0.2, 0.25) is 0 Å². The van der Waals surface area contributed by atoms with Crippen LogP contribution < -0.4 is 20.1 Å². The molecule has 0 amide bonds. The van der Waals surface area contributed by atoms with Gasteiger partial charge in [0.25, 0.3) is 0 Å². The molecule has 2 aromatic rings. The number of aliphatic imine (C=N–C) groups is 1. The monoisotopic (exact) mass is 504 g/mol. The van der Waals surface area contributed by atoms with Gasteiger partial charge >= 0.3 is 0 Å². The minimum absolute atomic E-state index is 0. The molecule has 0 radical (unpaired) electrons. The highest BCUT2D eigenvalue weighted by Crippen LogP contribution is 2.27. The maximum atomic E-state index is 5.35. The van der Waals surface area contributed by atoms with E-state index in [1.807, 2.05) is 18.3 Å². The van der Waals surface area contributed by atoms with Crippen molar-refractivity contribution >= 4 is 41.3 Å². The van der Waals surface area contributed by atoms with Gasteiger partial charge in [0.15, 0.2) is 17.5 Å². The predicted octanol–water partition coefficient (Wildman–Crippen LogP) is 3.77. The lowest BCUT2D eigenvalue weighted by atomic mass is 10.1. The zero-order chi connectivity index (χ0) is 18.8. The number of nitrogens with one attached hydrogen (secondary N) is 2. The molecule has 0 fully saturated rings. The van der Waals surface area contributed by atoms with E-state index in [2.05, 4.69) is 40.5 Å². The maximum absolute atomic E-state index is 5.35. The number of ether oxygens (including phenoxy) is 2. The Morgan fingerprint density at radius 1 is 1.19 bits per heavy atom. The van der Waals surface area contributed by atoms with Crippen LogP contribution in [0.15, 0.2) is 29.4 Å². The van der Waals surface area contributed by atoms with Crippen molar-refractivity contribution < 1.29 is 9.47 Å². The molecule has 1 heterocycles. The number of hydrogen-bond donors (Lipinski definition) is 2. The van der Waals surface area contributed by atoms with Crippen LogP contribution in [-0.4, -0.2) is 38.3 Å². The van der Waals surface area contributed by atoms with Gasteiger partial charge in [0, 0.05) is 24.2 Å². The molecular weight excluding hydrogens is 475 g/mol. The molecule has 1 aromatic heterocycles. The second-order valence-electron chi connectivity index (χ2n) is 5.78. The van der Waals surface area contributed by atoms with Gasteiger partial charge in [-0.15, -0.1) is 35.3 Å². The summed E-state index contributed by atoms with van der Waals surface area (Å²) in [7, 11) is 3.31. The number of aromatic nitrogens is 1. The van der Waals surface area contributed by atoms with Crippen molar-refractivity contribution in [3.63, 3.8) is 0 Å². The van der Waals surface area contributed by atoms with Crippen molar-refractivity contribution in [3.05, 3.63) is 39.8 Å². The van der Waals surface area contributed by atoms with Crippen LogP contribution >= 0.6 is 35.3 Å². The van der Waals surface area contributed by atoms with E-state index in [4.69, 9.17) is 9.47 Å². The lowest BCUT2D eigenvalue weighted by Gasteiger charge is -2.12. The zero-order valence-electron chi connectivity index (χ0n) is 16.4. The summed E-state index contributed by atoms with van der Waals surface area (Å²) in [5.74, 6) is 2.35. The summed E-state index contributed by atoms with van der Waals surface area (Å²) in [6.07, 6.45) is 3.84. The quantitative estimate of drug-likeness (QED) is 0.236. The number of rotatable bonds is 9. The second-order valence-corrected chi connectivity index (χ2v) is 7.10. The number of nitrogens with zero attached hydrogens (tertiary/aromatic N) is 2. The van der Waals surface area contributed by atoms with Crippen molar-refractivity contribution in [1.29, 1.82) is 0 Å². The van der Waals surface area contributed by atoms with E-state index in [1.54, 1.807) is 25.6 Å². The Kier molecular flexibility index (Phi) is 11.1. The van der Waals surface area contributed by atoms with Gasteiger partial charge in [-0.25, -0.2) is 9.98 Å². The number of halogens is 1. The maximum Gasteiger partial charge on any atom is 0.191 e. The molecular formula is C19H29IN4O2S. The minimum atomic E-state index is 0. The summed E-state index contributed by atoms with van der Waals surface area (Å²) < 4.78 is 10.6. The molecule has 0 atom stereocenters. The highest BCUT2D eigenvalue weighted by atomic mass is 127. The summed E-state index contributed by atoms with van der Waals surface area (Å²) in [5.41, 5.74) is 1.23. The van der Waals surface area contributed by atoms with Crippen LogP contribution in [0.5, 0.6) is 11.5 Å². The lowest BCUT2D eigenvalue weighted by Crippen LogP contribution is -2.37. The zero-order valence-corrected chi connectivity index (χ0v) is 19.5. The van der Waals surface area contributed by atoms with Crippen LogP contribution in [0.25, 0.3) is 0 Å². The molecule has 0 aliphatic rings. The third-order valence-electron chi connectivity index (χ3n) is 3.77. The first-order valence-corrected chi connectivity index (χ1v) is 9.62. The number of methoxy groups -OCH3 is 2. The van der Waals surface area contributed by atoms with E-state index in [9.17, 15) is 0 Å². The molecule has 2 rings (SSSR count). The fourth-order valence-electron chi connectivity index (χ4n) is 2.50. The van der Waals surface area contributed by atoms with E-state index in [-0.39, 0.29) is 24.0 Å². The van der Waals surface area contributed by atoms with Crippen molar-refractivity contribution in [2.75, 3.05) is 27.3 Å². The average molecular weight is 504 g/mol. The number of hydrogen-bond acceptors (Lipinski definition) is 5. The molecule has 0 bridgehead atoms. The largest absolute Gasteiger partial charge is 0.493 e. The fourth-order valence-corrected chi connectivity index (χ4v) is 3.21. The van der Waals surface area contributed by atoms with Crippen molar-refractivity contribution in [1.82, 2.24) is 15.6 Å². The highest BCUT2D eigenvalue weighted by Gasteiger charge is 2.05. The third kappa shape index (κ3) is 7.92. The topological polar surface area (TPSA) is 67.8 Å². The second kappa shape index (κ2) is 12.8. The summed E-state index contributed by atoms with van der Waals surface area (Å²) >= 11 is 1.68. The van der Waals surface area contributed by atoms with Crippen LogP contribution in [0, 0.1) is 6.92 Å². The Bertz CT molecular complexity index is 721. The summed E-state index contributed by atoms with van der Waals surface area (Å²) in [4.78, 5) is 10.2. The molecule has 1 aromatic carbocycles. The van der Waals surface area contributed by atoms with Crippen LogP contribution in [0.4, 0.5) is 0 Å². The van der Waals surface area contributed by atoms with E-state index < -0.39 is 0 Å². The van der Waals surface area contributed by atoms with Crippen LogP contribution in [-0.2, 0) is 13.0 Å². The molecule has 6 nitrogen and oxygen atoms in total. The van der Waals surface area contributed by atoms with Gasteiger partial charge in [0.1, 0.15) is 5.01 Å². The molecule has 0 saturated carbocycles. The summed E-state index contributed by atoms with van der Waals surface area (Å²) in [5, 5.41) is 7.68. The van der Waals surface area contributed by atoms with Gasteiger partial charge in [0.05, 0.1) is 20.8 Å². The molecule has 150 valence electrons. The van der Waals surface area contributed by atoms with Gasteiger partial charge in [-0.05, 0) is 44.4 Å². The Labute approximate surface area is 182 Å². The van der Waals surface area contributed by atoms with Crippen molar-refractivity contribution in [2.24, 2.45) is 4.99 Å². The molecule has 0 aliphatic carbocycles. The Morgan fingerprint density at radius 2 is 1.96 bits per heavy atom. The lowest BCUT2D eigenvalue weighted by molar-refractivity contribution is 0.354. The smallest absolute Gasteiger partial charge is 0.191 e. The first-order valence-electron chi connectivity index (χ1n) is 8.80. The normalized spacial score (nSPS) is 10.9. The van der Waals surface area contributed by atoms with E-state index >= 15 is 0 Å². The Hall–Kier alpha value is -1.55. The highest BCUT2D eigenvalue weighted by molar-refractivity contribution is 14.0. The van der Waals surface area contributed by atoms with Gasteiger partial charge in [0.2, 0.25) is 0 Å². The minimum Gasteiger partial charge on any atom is -0.493 e. The van der Waals surface area contributed by atoms with Gasteiger partial charge in [-0.2, -0.15) is 0 Å². The number of guanidine groups is 1. The SMILES string of the molecule is CCNC(=NCc1ncc(C)s1)NCCCc1ccc(OC)c(OC)c1.I. The van der Waals surface area contributed by atoms with Crippen molar-refractivity contribution in [2.45, 2.75) is 33.2 Å². The molecule has 0 spiro atoms. The molecule has 0 saturated heterocycles. The van der Waals surface area contributed by atoms with Gasteiger partial charge < -0.3 is 20.1 Å². The van der Waals surface area contributed by atoms with Crippen molar-refractivity contribution in [3.8, 4) is 11.5 Å². The molecule has 0 unspecified atom stereocenters. The van der Waals surface area contributed by atoms with E-state index in [0.29, 0.717) is 6.54 Å². The first kappa shape index (κ1) is 23.5. The van der Waals surface area contributed by atoms with Crippen LogP contribution in [0.3, 0.4) is 0 Å². The number of aryl methyl sites for hydroxylation is 2. The molecule has 27 heavy (non-hydrogen) atoms. The van der Waals surface area contributed by atoms with E-state index in [1.165, 1.54) is 10.4 Å². The molecule has 0 aliphatic heterocycles. The third-order valence-corrected chi connectivity index (χ3v) is 4.67. The van der Waals surface area contributed by atoms with Crippen LogP contribution in [0.1, 0.15) is 28.8 Å². The Balaban J connectivity index is 0.00000364. The summed E-state index contributed by atoms with van der Waals surface area (Å²) in [6.45, 7) is 6.40. The first-order chi connectivity index (χ1) is 12.7. The number of thiazole rings is 1. The summed E-state index contributed by atoms with van der Waals surface area (Å²) in [6, 6.07) is 6.05. The standard InChI is InChI=1S/C19H28N4O2S.HI/c1-5-20-19(23-13-18-22-12-14(2)26-18)21-10-6-7-15-8-9-16(24-3)17(11-15)25-4;/h8-9,11-12H,5-7,10,13H2,1-4H3,(H2,20,21,23);1H. The van der Waals surface area contributed by atoms with Gasteiger partial charge in [-0.1, -0.05) is 6.07 Å². The Morgan fingerprint density at radius 3 is 2.59 bits per heavy atom.